The average molecular weight is 486 g/mol. The van der Waals surface area contributed by atoms with Gasteiger partial charge in [-0.15, -0.1) is 0 Å². The van der Waals surface area contributed by atoms with Crippen LogP contribution in [0.5, 0.6) is 0 Å². The van der Waals surface area contributed by atoms with E-state index >= 15 is 4.39 Å². The fourth-order valence-corrected chi connectivity index (χ4v) is 5.63. The van der Waals surface area contributed by atoms with Crippen LogP contribution in [0, 0.1) is 12.7 Å². The number of amides is 1. The topological polar surface area (TPSA) is 57.7 Å². The molecule has 2 aromatic carbocycles. The van der Waals surface area contributed by atoms with Gasteiger partial charge in [0, 0.05) is 20.0 Å². The van der Waals surface area contributed by atoms with Crippen molar-refractivity contribution >= 4 is 21.6 Å². The molecular weight excluding hydrogens is 460 g/mol. The number of carbonyl (C=O) groups excluding carboxylic acids is 1. The Labute approximate surface area is 191 Å². The molecule has 0 bridgehead atoms. The summed E-state index contributed by atoms with van der Waals surface area (Å²) in [6.07, 6.45) is -4.15. The van der Waals surface area contributed by atoms with Gasteiger partial charge in [0.2, 0.25) is 15.9 Å². The molecule has 1 aliphatic heterocycles. The van der Waals surface area contributed by atoms with Crippen molar-refractivity contribution in [2.45, 2.75) is 37.6 Å². The zero-order chi connectivity index (χ0) is 24.4. The van der Waals surface area contributed by atoms with E-state index in [2.05, 4.69) is 6.92 Å². The summed E-state index contributed by atoms with van der Waals surface area (Å²) < 4.78 is 82.4. The van der Waals surface area contributed by atoms with Crippen molar-refractivity contribution < 1.29 is 30.8 Å². The van der Waals surface area contributed by atoms with Crippen LogP contribution in [0.4, 0.5) is 23.2 Å². The van der Waals surface area contributed by atoms with Crippen LogP contribution in [-0.4, -0.2) is 45.0 Å². The lowest BCUT2D eigenvalue weighted by molar-refractivity contribution is -0.129. The second-order valence-electron chi connectivity index (χ2n) is 8.12. The normalized spacial score (nSPS) is 15.5. The Hall–Kier alpha value is -2.62. The van der Waals surface area contributed by atoms with Gasteiger partial charge < -0.3 is 4.90 Å². The number of rotatable bonds is 6. The molecule has 0 N–H and O–H groups in total. The minimum Gasteiger partial charge on any atom is -0.343 e. The first kappa shape index (κ1) is 25.0. The number of alkyl halides is 3. The Morgan fingerprint density at radius 3 is 2.27 bits per heavy atom. The predicted octanol–water partition coefficient (Wildman–Crippen LogP) is 4.63. The first-order chi connectivity index (χ1) is 15.4. The maximum absolute atomic E-state index is 15.3. The van der Waals surface area contributed by atoms with Crippen molar-refractivity contribution in [3.63, 3.8) is 0 Å². The van der Waals surface area contributed by atoms with Crippen LogP contribution in [0.25, 0.3) is 0 Å². The van der Waals surface area contributed by atoms with Crippen LogP contribution in [0.15, 0.2) is 42.5 Å². The molecule has 1 heterocycles. The van der Waals surface area contributed by atoms with Gasteiger partial charge in [0.1, 0.15) is 6.54 Å². The number of likely N-dealkylation sites (tertiary alicyclic amines) is 1. The molecule has 0 spiro atoms. The van der Waals surface area contributed by atoms with Crippen LogP contribution in [0.2, 0.25) is 0 Å². The number of nitrogens with zero attached hydrogens (tertiary/aromatic N) is 2. The molecule has 1 amide bonds. The highest BCUT2D eigenvalue weighted by molar-refractivity contribution is 7.92. The molecule has 0 saturated carbocycles. The third-order valence-electron chi connectivity index (χ3n) is 5.71. The summed E-state index contributed by atoms with van der Waals surface area (Å²) in [5.74, 6) is -2.35. The van der Waals surface area contributed by atoms with Gasteiger partial charge in [0.25, 0.3) is 0 Å². The highest BCUT2D eigenvalue weighted by Gasteiger charge is 2.40. The van der Waals surface area contributed by atoms with E-state index in [0.29, 0.717) is 25.9 Å². The summed E-state index contributed by atoms with van der Waals surface area (Å²) in [6, 6.07) is 10.5. The average Bonchev–Trinajstić information content (AvgIpc) is 2.74. The number of anilines is 1. The van der Waals surface area contributed by atoms with Crippen molar-refractivity contribution in [2.75, 3.05) is 23.9 Å². The summed E-state index contributed by atoms with van der Waals surface area (Å²) >= 11 is 0. The Kier molecular flexibility index (Phi) is 7.36. The highest BCUT2D eigenvalue weighted by atomic mass is 32.2. The van der Waals surface area contributed by atoms with Gasteiger partial charge in [-0.2, -0.15) is 13.2 Å². The predicted molar refractivity (Wildman–Crippen MR) is 118 cm³/mol. The van der Waals surface area contributed by atoms with E-state index in [-0.39, 0.29) is 26.9 Å². The summed E-state index contributed by atoms with van der Waals surface area (Å²) in [4.78, 5) is 13.2. The van der Waals surface area contributed by atoms with Gasteiger partial charge >= 0.3 is 6.18 Å². The molecule has 33 heavy (non-hydrogen) atoms. The van der Waals surface area contributed by atoms with Crippen molar-refractivity contribution in [3.05, 3.63) is 71.9 Å². The number of piperidine rings is 1. The molecule has 1 fully saturated rings. The summed E-state index contributed by atoms with van der Waals surface area (Å²) in [6.45, 7) is 3.78. The molecule has 0 unspecified atom stereocenters. The van der Waals surface area contributed by atoms with Crippen molar-refractivity contribution in [2.24, 2.45) is 0 Å². The van der Waals surface area contributed by atoms with Gasteiger partial charge in [0.05, 0.1) is 11.4 Å². The lowest BCUT2D eigenvalue weighted by Gasteiger charge is -2.35. The maximum atomic E-state index is 15.3. The number of hydrogen-bond donors (Lipinski definition) is 0. The lowest BCUT2D eigenvalue weighted by atomic mass is 9.87. The second kappa shape index (κ2) is 9.70. The molecule has 3 rings (SSSR count). The number of benzene rings is 2. The van der Waals surface area contributed by atoms with Crippen LogP contribution in [0.1, 0.15) is 42.4 Å². The summed E-state index contributed by atoms with van der Waals surface area (Å²) in [7, 11) is -4.61. The van der Waals surface area contributed by atoms with Crippen LogP contribution < -0.4 is 4.31 Å². The Morgan fingerprint density at radius 1 is 1.12 bits per heavy atom. The first-order valence-corrected chi connectivity index (χ1v) is 12.0. The number of carbonyl (C=O) groups is 1. The fraction of sp³-hybridized carbons (Fsp3) is 0.391. The third-order valence-corrected chi connectivity index (χ3v) is 7.39. The highest BCUT2D eigenvalue weighted by Crippen LogP contribution is 2.40. The second-order valence-corrected chi connectivity index (χ2v) is 10.0. The fourth-order valence-electron chi connectivity index (χ4n) is 4.05. The van der Waals surface area contributed by atoms with Gasteiger partial charge in [-0.25, -0.2) is 12.8 Å². The monoisotopic (exact) mass is 485 g/mol. The largest absolute Gasteiger partial charge is 0.407 e. The molecule has 2 aromatic rings. The van der Waals surface area contributed by atoms with E-state index < -0.39 is 45.9 Å². The van der Waals surface area contributed by atoms with Crippen molar-refractivity contribution in [3.8, 4) is 0 Å². The van der Waals surface area contributed by atoms with Gasteiger partial charge in [0.15, 0.2) is 5.82 Å². The Morgan fingerprint density at radius 2 is 1.73 bits per heavy atom. The zero-order valence-electron chi connectivity index (χ0n) is 18.1. The van der Waals surface area contributed by atoms with Crippen molar-refractivity contribution in [1.82, 2.24) is 4.90 Å². The number of hydrogen-bond acceptors (Lipinski definition) is 3. The molecule has 0 atom stereocenters. The minimum absolute atomic E-state index is 0.128. The molecule has 10 heteroatoms. The van der Waals surface area contributed by atoms with E-state index in [4.69, 9.17) is 0 Å². The smallest absolute Gasteiger partial charge is 0.343 e. The quantitative estimate of drug-likeness (QED) is 0.561. The van der Waals surface area contributed by atoms with Crippen LogP contribution in [-0.2, 0) is 20.6 Å². The molecule has 5 nitrogen and oxygen atoms in total. The molecule has 0 aliphatic carbocycles. The van der Waals surface area contributed by atoms with Gasteiger partial charge in [-0.05, 0) is 42.4 Å². The molecular formula is C23H25F4N2O3S. The van der Waals surface area contributed by atoms with Crippen LogP contribution in [0.3, 0.4) is 0 Å². The van der Waals surface area contributed by atoms with Gasteiger partial charge in [-0.1, -0.05) is 42.5 Å². The van der Waals surface area contributed by atoms with E-state index in [1.54, 1.807) is 23.1 Å². The van der Waals surface area contributed by atoms with E-state index in [1.165, 1.54) is 31.2 Å². The van der Waals surface area contributed by atoms with Gasteiger partial charge in [-0.3, -0.25) is 9.10 Å². The summed E-state index contributed by atoms with van der Waals surface area (Å²) in [5.41, 5.74) is -0.356. The van der Waals surface area contributed by atoms with Crippen LogP contribution >= 0.6 is 0 Å². The Bertz CT molecular complexity index is 1100. The molecule has 1 aliphatic rings. The molecule has 179 valence electrons. The lowest BCUT2D eigenvalue weighted by Crippen LogP contribution is -2.42. The first-order valence-electron chi connectivity index (χ1n) is 10.4. The molecule has 1 saturated heterocycles. The summed E-state index contributed by atoms with van der Waals surface area (Å²) in [5, 5.41) is 0. The number of halogens is 4. The molecule has 0 aromatic heterocycles. The van der Waals surface area contributed by atoms with E-state index in [0.717, 1.165) is 0 Å². The zero-order valence-corrected chi connectivity index (χ0v) is 18.9. The standard InChI is InChI=1S/C23H25F4N2O3S/c1-16-8-9-20(19-10-12-28(13-11-19)17(2)30)22(21(16)24)29(15-23(25,26)27)33(31,32)14-18-6-4-3-5-7-18/h3-9,19H,1,10-15H2,2H3. The van der Waals surface area contributed by atoms with E-state index in [9.17, 15) is 26.4 Å². The third kappa shape index (κ3) is 6.04. The minimum atomic E-state index is -4.90. The van der Waals surface area contributed by atoms with E-state index in [1.807, 2.05) is 0 Å². The Balaban J connectivity index is 2.08. The van der Waals surface area contributed by atoms with Crippen molar-refractivity contribution in [1.29, 1.82) is 0 Å². The maximum Gasteiger partial charge on any atom is 0.407 e. The number of sulfonamides is 1. The SMILES string of the molecule is [CH2]c1ccc(C2CCN(C(C)=O)CC2)c(N(CC(F)(F)F)S(=O)(=O)Cc2ccccc2)c1F. The molecule has 1 radical (unpaired) electrons.